The van der Waals surface area contributed by atoms with Crippen LogP contribution in [0.25, 0.3) is 0 Å². The third-order valence-electron chi connectivity index (χ3n) is 3.77. The van der Waals surface area contributed by atoms with Gasteiger partial charge >= 0.3 is 0 Å². The summed E-state index contributed by atoms with van der Waals surface area (Å²) in [4.78, 5) is 20.7. The quantitative estimate of drug-likeness (QED) is 0.868. The molecule has 4 heteroatoms. The topological polar surface area (TPSA) is 36.4 Å². The molecule has 0 radical (unpaired) electrons. The molecule has 108 valence electrons. The van der Waals surface area contributed by atoms with E-state index in [9.17, 15) is 4.79 Å². The summed E-state index contributed by atoms with van der Waals surface area (Å²) in [5.74, 6) is 1.05. The van der Waals surface area contributed by atoms with E-state index in [1.165, 1.54) is 5.56 Å². The van der Waals surface area contributed by atoms with Gasteiger partial charge < -0.3 is 9.80 Å². The molecule has 1 amide bonds. The van der Waals surface area contributed by atoms with E-state index in [0.717, 1.165) is 31.1 Å². The van der Waals surface area contributed by atoms with Crippen LogP contribution >= 0.6 is 0 Å². The average molecular weight is 281 g/mol. The third kappa shape index (κ3) is 2.75. The van der Waals surface area contributed by atoms with Gasteiger partial charge in [0.15, 0.2) is 5.82 Å². The van der Waals surface area contributed by atoms with Gasteiger partial charge in [-0.15, -0.1) is 0 Å². The number of anilines is 2. The molecule has 3 rings (SSSR count). The first-order valence-electron chi connectivity index (χ1n) is 7.34. The number of rotatable bonds is 3. The molecule has 21 heavy (non-hydrogen) atoms. The molecule has 0 N–H and O–H groups in total. The zero-order valence-corrected chi connectivity index (χ0v) is 12.2. The van der Waals surface area contributed by atoms with Gasteiger partial charge in [-0.2, -0.15) is 0 Å². The van der Waals surface area contributed by atoms with Gasteiger partial charge in [-0.1, -0.05) is 37.3 Å². The molecule has 1 aromatic carbocycles. The Morgan fingerprint density at radius 2 is 1.95 bits per heavy atom. The maximum atomic E-state index is 12.1. The largest absolute Gasteiger partial charge is 0.349 e. The third-order valence-corrected chi connectivity index (χ3v) is 3.77. The van der Waals surface area contributed by atoms with Crippen molar-refractivity contribution in [2.45, 2.75) is 19.9 Å². The number of fused-ring (bicyclic) bond motifs is 1. The number of benzene rings is 1. The Hall–Kier alpha value is -2.36. The Balaban J connectivity index is 1.89. The molecule has 0 unspecified atom stereocenters. The van der Waals surface area contributed by atoms with E-state index < -0.39 is 0 Å². The van der Waals surface area contributed by atoms with Crippen molar-refractivity contribution in [3.63, 3.8) is 0 Å². The molecule has 0 aliphatic carbocycles. The molecule has 1 aliphatic heterocycles. The van der Waals surface area contributed by atoms with E-state index in [-0.39, 0.29) is 5.91 Å². The van der Waals surface area contributed by atoms with Crippen LogP contribution in [0.3, 0.4) is 0 Å². The van der Waals surface area contributed by atoms with Crippen LogP contribution in [0.2, 0.25) is 0 Å². The lowest BCUT2D eigenvalue weighted by atomic mass is 10.1. The molecule has 0 spiro atoms. The Morgan fingerprint density at radius 1 is 1.14 bits per heavy atom. The highest BCUT2D eigenvalue weighted by Gasteiger charge is 2.26. The Morgan fingerprint density at radius 3 is 2.71 bits per heavy atom. The van der Waals surface area contributed by atoms with E-state index in [0.29, 0.717) is 6.42 Å². The molecule has 0 saturated carbocycles. The standard InChI is InChI=1S/C17H19N3O/c1-2-16(21)20-12-11-19(13-14-7-4-3-5-8-14)17-15(20)9-6-10-18-17/h3-10H,2,11-13H2,1H3. The molecule has 0 saturated heterocycles. The number of carbonyl (C=O) groups is 1. The van der Waals surface area contributed by atoms with E-state index in [4.69, 9.17) is 0 Å². The van der Waals surface area contributed by atoms with Gasteiger partial charge in [-0.3, -0.25) is 4.79 Å². The lowest BCUT2D eigenvalue weighted by molar-refractivity contribution is -0.118. The number of hydrogen-bond acceptors (Lipinski definition) is 3. The predicted octanol–water partition coefficient (Wildman–Crippen LogP) is 2.84. The molecule has 1 aromatic heterocycles. The number of carbonyl (C=O) groups excluding carboxylic acids is 1. The minimum absolute atomic E-state index is 0.156. The predicted molar refractivity (Wildman–Crippen MR) is 84.4 cm³/mol. The lowest BCUT2D eigenvalue weighted by Crippen LogP contribution is -2.44. The van der Waals surface area contributed by atoms with Gasteiger partial charge in [0.2, 0.25) is 5.91 Å². The summed E-state index contributed by atoms with van der Waals surface area (Å²) < 4.78 is 0. The SMILES string of the molecule is CCC(=O)N1CCN(Cc2ccccc2)c2ncccc21. The van der Waals surface area contributed by atoms with E-state index in [1.54, 1.807) is 6.20 Å². The van der Waals surface area contributed by atoms with Crippen LogP contribution in [-0.2, 0) is 11.3 Å². The second-order valence-electron chi connectivity index (χ2n) is 5.15. The smallest absolute Gasteiger partial charge is 0.226 e. The summed E-state index contributed by atoms with van der Waals surface area (Å²) in [5, 5.41) is 0. The molecule has 2 heterocycles. The summed E-state index contributed by atoms with van der Waals surface area (Å²) in [5.41, 5.74) is 2.18. The Bertz CT molecular complexity index is 627. The van der Waals surface area contributed by atoms with Crippen LogP contribution in [0.15, 0.2) is 48.7 Å². The fourth-order valence-electron chi connectivity index (χ4n) is 2.70. The fraction of sp³-hybridized carbons (Fsp3) is 0.294. The summed E-state index contributed by atoms with van der Waals surface area (Å²) >= 11 is 0. The van der Waals surface area contributed by atoms with Gasteiger partial charge in [0.1, 0.15) is 0 Å². The molecule has 1 aliphatic rings. The number of pyridine rings is 1. The Kier molecular flexibility index (Phi) is 3.86. The van der Waals surface area contributed by atoms with Crippen molar-refractivity contribution in [1.29, 1.82) is 0 Å². The van der Waals surface area contributed by atoms with Gasteiger partial charge in [0.25, 0.3) is 0 Å². The Labute approximate surface area is 125 Å². The molecular weight excluding hydrogens is 262 g/mol. The summed E-state index contributed by atoms with van der Waals surface area (Å²) in [6.45, 7) is 4.25. The molecule has 2 aromatic rings. The second-order valence-corrected chi connectivity index (χ2v) is 5.15. The van der Waals surface area contributed by atoms with Crippen LogP contribution < -0.4 is 9.80 Å². The number of hydrogen-bond donors (Lipinski definition) is 0. The normalized spacial score (nSPS) is 14.0. The highest BCUT2D eigenvalue weighted by molar-refractivity contribution is 5.96. The monoisotopic (exact) mass is 281 g/mol. The van der Waals surface area contributed by atoms with E-state index >= 15 is 0 Å². The minimum atomic E-state index is 0.156. The van der Waals surface area contributed by atoms with Gasteiger partial charge in [-0.05, 0) is 17.7 Å². The van der Waals surface area contributed by atoms with Crippen LogP contribution in [0.5, 0.6) is 0 Å². The van der Waals surface area contributed by atoms with Crippen LogP contribution in [0.4, 0.5) is 11.5 Å². The number of amides is 1. The first kappa shape index (κ1) is 13.6. The highest BCUT2D eigenvalue weighted by atomic mass is 16.2. The zero-order chi connectivity index (χ0) is 14.7. The molecule has 4 nitrogen and oxygen atoms in total. The van der Waals surface area contributed by atoms with Gasteiger partial charge in [-0.25, -0.2) is 4.98 Å². The van der Waals surface area contributed by atoms with Crippen molar-refractivity contribution in [3.05, 3.63) is 54.2 Å². The summed E-state index contributed by atoms with van der Waals surface area (Å²) in [7, 11) is 0. The molecular formula is C17H19N3O. The number of aromatic nitrogens is 1. The average Bonchev–Trinajstić information content (AvgIpc) is 2.55. The number of nitrogens with zero attached hydrogens (tertiary/aromatic N) is 3. The molecule has 0 atom stereocenters. The van der Waals surface area contributed by atoms with Crippen molar-refractivity contribution in [1.82, 2.24) is 4.98 Å². The summed E-state index contributed by atoms with van der Waals surface area (Å²) in [6.07, 6.45) is 2.31. The second kappa shape index (κ2) is 5.95. The summed E-state index contributed by atoms with van der Waals surface area (Å²) in [6, 6.07) is 14.2. The lowest BCUT2D eigenvalue weighted by Gasteiger charge is -2.36. The van der Waals surface area contributed by atoms with E-state index in [1.807, 2.05) is 42.2 Å². The van der Waals surface area contributed by atoms with Crippen molar-refractivity contribution in [2.24, 2.45) is 0 Å². The van der Waals surface area contributed by atoms with Crippen molar-refractivity contribution < 1.29 is 4.79 Å². The molecule has 0 fully saturated rings. The van der Waals surface area contributed by atoms with Crippen molar-refractivity contribution >= 4 is 17.4 Å². The van der Waals surface area contributed by atoms with Crippen LogP contribution in [-0.4, -0.2) is 24.0 Å². The minimum Gasteiger partial charge on any atom is -0.349 e. The van der Waals surface area contributed by atoms with Crippen LogP contribution in [0, 0.1) is 0 Å². The first-order chi connectivity index (χ1) is 10.3. The van der Waals surface area contributed by atoms with Crippen molar-refractivity contribution in [3.8, 4) is 0 Å². The first-order valence-corrected chi connectivity index (χ1v) is 7.34. The maximum absolute atomic E-state index is 12.1. The highest BCUT2D eigenvalue weighted by Crippen LogP contribution is 2.31. The van der Waals surface area contributed by atoms with E-state index in [2.05, 4.69) is 22.0 Å². The van der Waals surface area contributed by atoms with Crippen LogP contribution in [0.1, 0.15) is 18.9 Å². The van der Waals surface area contributed by atoms with Gasteiger partial charge in [0, 0.05) is 32.3 Å². The van der Waals surface area contributed by atoms with Crippen molar-refractivity contribution in [2.75, 3.05) is 22.9 Å². The maximum Gasteiger partial charge on any atom is 0.226 e. The molecule has 0 bridgehead atoms. The fourth-order valence-corrected chi connectivity index (χ4v) is 2.70. The zero-order valence-electron chi connectivity index (χ0n) is 12.2. The van der Waals surface area contributed by atoms with Gasteiger partial charge in [0.05, 0.1) is 5.69 Å².